The van der Waals surface area contributed by atoms with Crippen LogP contribution in [0.2, 0.25) is 0 Å². The third-order valence-electron chi connectivity index (χ3n) is 11.7. The third kappa shape index (κ3) is 52.8. The summed E-state index contributed by atoms with van der Waals surface area (Å²) in [5, 5.41) is 0. The lowest BCUT2D eigenvalue weighted by atomic mass is 10.0. The van der Waals surface area contributed by atoms with Crippen molar-refractivity contribution in [3.63, 3.8) is 0 Å². The number of quaternary nitrogens is 1. The van der Waals surface area contributed by atoms with Crippen LogP contribution in [0.15, 0.2) is 72.9 Å². The SMILES string of the molecule is CC/C=C\C/C=C\C/C=C\C/C=C\C/C=C\CCCC(=O)OC(COC(=O)CCCCCCCCCCCCCCCCC/C=C\CCCCCCCCCC)COP(=O)(O)OCC[N+](C)(C)C. The van der Waals surface area contributed by atoms with Crippen LogP contribution in [-0.4, -0.2) is 74.9 Å². The largest absolute Gasteiger partial charge is 0.472 e. The van der Waals surface area contributed by atoms with Crippen molar-refractivity contribution in [2.45, 2.75) is 238 Å². The van der Waals surface area contributed by atoms with Gasteiger partial charge in [0.1, 0.15) is 19.8 Å². The van der Waals surface area contributed by atoms with Gasteiger partial charge in [0.15, 0.2) is 6.10 Å². The molecule has 0 aromatic heterocycles. The van der Waals surface area contributed by atoms with Crippen LogP contribution in [-0.2, 0) is 32.7 Å². The molecule has 68 heavy (non-hydrogen) atoms. The van der Waals surface area contributed by atoms with E-state index in [1.54, 1.807) is 0 Å². The maximum atomic E-state index is 12.7. The number of carbonyl (C=O) groups excluding carboxylic acids is 2. The average molecular weight is 975 g/mol. The highest BCUT2D eigenvalue weighted by atomic mass is 31.2. The van der Waals surface area contributed by atoms with E-state index in [0.29, 0.717) is 23.9 Å². The molecule has 0 aliphatic heterocycles. The molecule has 0 spiro atoms. The maximum Gasteiger partial charge on any atom is 0.472 e. The Bertz CT molecular complexity index is 1380. The normalized spacial score (nSPS) is 13.9. The number of likely N-dealkylation sites (N-methyl/N-ethyl adjacent to an activating group) is 1. The Labute approximate surface area is 418 Å². The van der Waals surface area contributed by atoms with Crippen molar-refractivity contribution >= 4 is 19.8 Å². The molecule has 0 aliphatic carbocycles. The minimum absolute atomic E-state index is 0.0187. The van der Waals surface area contributed by atoms with E-state index in [-0.39, 0.29) is 32.0 Å². The van der Waals surface area contributed by atoms with Gasteiger partial charge in [-0.1, -0.05) is 215 Å². The molecule has 2 unspecified atom stereocenters. The minimum atomic E-state index is -4.40. The van der Waals surface area contributed by atoms with Gasteiger partial charge in [0, 0.05) is 12.8 Å². The van der Waals surface area contributed by atoms with Crippen molar-refractivity contribution in [3.05, 3.63) is 72.9 Å². The van der Waals surface area contributed by atoms with Crippen LogP contribution in [0.3, 0.4) is 0 Å². The second-order valence-corrected chi connectivity index (χ2v) is 21.0. The summed E-state index contributed by atoms with van der Waals surface area (Å²) in [6.07, 6.45) is 64.2. The van der Waals surface area contributed by atoms with E-state index in [4.69, 9.17) is 18.5 Å². The molecular formula is C58H105NO8P+. The Morgan fingerprint density at radius 3 is 1.31 bits per heavy atom. The van der Waals surface area contributed by atoms with Crippen LogP contribution in [0.5, 0.6) is 0 Å². The highest BCUT2D eigenvalue weighted by Crippen LogP contribution is 2.43. The molecule has 0 amide bonds. The molecule has 0 saturated heterocycles. The summed E-state index contributed by atoms with van der Waals surface area (Å²) in [6, 6.07) is 0. The van der Waals surface area contributed by atoms with Gasteiger partial charge in [0.25, 0.3) is 0 Å². The standard InChI is InChI=1S/C58H104NO8P/c1-6-8-10-12-14-16-18-20-22-24-25-26-27-28-29-30-31-32-33-35-36-38-40-42-44-46-48-50-57(60)64-54-56(55-66-68(62,63)65-53-52-59(3,4)5)67-58(61)51-49-47-45-43-41-39-37-34-23-21-19-17-15-13-11-9-7-2/h9,11,15,17,21,23-25,37,39,43,45,56H,6-8,10,12-14,16,18-20,22,26-36,38,40-42,44,46-55H2,1-5H3/p+1/b11-9-,17-15-,23-21-,25-24-,39-37-,45-43-. The van der Waals surface area contributed by atoms with Gasteiger partial charge in [-0.15, -0.1) is 0 Å². The van der Waals surface area contributed by atoms with E-state index in [1.807, 2.05) is 27.2 Å². The Morgan fingerprint density at radius 2 is 0.853 bits per heavy atom. The molecule has 394 valence electrons. The van der Waals surface area contributed by atoms with Crippen LogP contribution >= 0.6 is 7.82 Å². The summed E-state index contributed by atoms with van der Waals surface area (Å²) in [4.78, 5) is 35.6. The van der Waals surface area contributed by atoms with E-state index in [9.17, 15) is 19.0 Å². The number of esters is 2. The number of phosphoric ester groups is 1. The van der Waals surface area contributed by atoms with Crippen molar-refractivity contribution < 1.29 is 42.1 Å². The molecule has 0 aromatic rings. The molecule has 9 nitrogen and oxygen atoms in total. The summed E-state index contributed by atoms with van der Waals surface area (Å²) >= 11 is 0. The molecule has 1 N–H and O–H groups in total. The molecular weight excluding hydrogens is 870 g/mol. The molecule has 0 aromatic carbocycles. The van der Waals surface area contributed by atoms with Gasteiger partial charge in [0.2, 0.25) is 0 Å². The second-order valence-electron chi connectivity index (χ2n) is 19.6. The lowest BCUT2D eigenvalue weighted by molar-refractivity contribution is -0.870. The molecule has 0 rings (SSSR count). The van der Waals surface area contributed by atoms with Gasteiger partial charge in [-0.05, 0) is 77.0 Å². The number of hydrogen-bond acceptors (Lipinski definition) is 7. The number of hydrogen-bond donors (Lipinski definition) is 1. The number of ether oxygens (including phenoxy) is 2. The first kappa shape index (κ1) is 65.5. The first-order valence-electron chi connectivity index (χ1n) is 27.7. The topological polar surface area (TPSA) is 108 Å². The van der Waals surface area contributed by atoms with Crippen LogP contribution in [0.1, 0.15) is 232 Å². The fourth-order valence-electron chi connectivity index (χ4n) is 7.46. The number of phosphoric acid groups is 1. The monoisotopic (exact) mass is 975 g/mol. The molecule has 0 aliphatic rings. The maximum absolute atomic E-state index is 12.7. The van der Waals surface area contributed by atoms with E-state index >= 15 is 0 Å². The minimum Gasteiger partial charge on any atom is -0.462 e. The molecule has 10 heteroatoms. The van der Waals surface area contributed by atoms with E-state index < -0.39 is 26.5 Å². The van der Waals surface area contributed by atoms with Crippen LogP contribution in [0.25, 0.3) is 0 Å². The number of allylic oxidation sites excluding steroid dienone is 12. The van der Waals surface area contributed by atoms with Gasteiger partial charge in [-0.25, -0.2) is 4.57 Å². The van der Waals surface area contributed by atoms with Gasteiger partial charge < -0.3 is 18.9 Å². The summed E-state index contributed by atoms with van der Waals surface area (Å²) in [6.45, 7) is 4.26. The molecule has 0 fully saturated rings. The van der Waals surface area contributed by atoms with Crippen LogP contribution in [0.4, 0.5) is 0 Å². The first-order valence-corrected chi connectivity index (χ1v) is 29.2. The lowest BCUT2D eigenvalue weighted by Gasteiger charge is -2.24. The van der Waals surface area contributed by atoms with Crippen LogP contribution < -0.4 is 0 Å². The zero-order chi connectivity index (χ0) is 49.9. The van der Waals surface area contributed by atoms with Gasteiger partial charge in [0.05, 0.1) is 27.7 Å². The van der Waals surface area contributed by atoms with Gasteiger partial charge in [-0.2, -0.15) is 0 Å². The quantitative estimate of drug-likeness (QED) is 0.0211. The van der Waals surface area contributed by atoms with E-state index in [2.05, 4.69) is 80.7 Å². The summed E-state index contributed by atoms with van der Waals surface area (Å²) in [5.41, 5.74) is 0. The number of rotatable bonds is 50. The molecule has 0 bridgehead atoms. The molecule has 0 heterocycles. The highest BCUT2D eigenvalue weighted by Gasteiger charge is 2.27. The van der Waals surface area contributed by atoms with Crippen molar-refractivity contribution in [2.75, 3.05) is 47.5 Å². The first-order chi connectivity index (χ1) is 33.0. The Hall–Kier alpha value is -2.55. The summed E-state index contributed by atoms with van der Waals surface area (Å²) < 4.78 is 34.4. The van der Waals surface area contributed by atoms with Crippen molar-refractivity contribution in [3.8, 4) is 0 Å². The van der Waals surface area contributed by atoms with Gasteiger partial charge in [-0.3, -0.25) is 18.6 Å². The van der Waals surface area contributed by atoms with Crippen LogP contribution in [0, 0.1) is 0 Å². The zero-order valence-corrected chi connectivity index (χ0v) is 45.5. The smallest absolute Gasteiger partial charge is 0.462 e. The number of unbranched alkanes of at least 4 members (excludes halogenated alkanes) is 24. The Kier molecular flexibility index (Phi) is 47.6. The molecule has 2 atom stereocenters. The summed E-state index contributed by atoms with van der Waals surface area (Å²) in [7, 11) is 1.44. The third-order valence-corrected chi connectivity index (χ3v) is 12.7. The predicted octanol–water partition coefficient (Wildman–Crippen LogP) is 16.9. The van der Waals surface area contributed by atoms with E-state index in [1.165, 1.54) is 141 Å². The fourth-order valence-corrected chi connectivity index (χ4v) is 8.20. The van der Waals surface area contributed by atoms with Gasteiger partial charge >= 0.3 is 19.8 Å². The lowest BCUT2D eigenvalue weighted by Crippen LogP contribution is -2.37. The second kappa shape index (κ2) is 49.4. The Balaban J connectivity index is 4.19. The Morgan fingerprint density at radius 1 is 0.471 bits per heavy atom. The predicted molar refractivity (Wildman–Crippen MR) is 289 cm³/mol. The molecule has 0 radical (unpaired) electrons. The van der Waals surface area contributed by atoms with E-state index in [0.717, 1.165) is 51.4 Å². The van der Waals surface area contributed by atoms with Crippen molar-refractivity contribution in [1.82, 2.24) is 0 Å². The number of nitrogens with zero attached hydrogens (tertiary/aromatic N) is 1. The average Bonchev–Trinajstić information content (AvgIpc) is 3.30. The highest BCUT2D eigenvalue weighted by molar-refractivity contribution is 7.47. The molecule has 0 saturated carbocycles. The number of carbonyl (C=O) groups is 2. The van der Waals surface area contributed by atoms with Crippen molar-refractivity contribution in [1.29, 1.82) is 0 Å². The zero-order valence-electron chi connectivity index (χ0n) is 44.6. The fraction of sp³-hybridized carbons (Fsp3) is 0.759. The summed E-state index contributed by atoms with van der Waals surface area (Å²) in [5.74, 6) is -0.864. The van der Waals surface area contributed by atoms with Crippen molar-refractivity contribution in [2.24, 2.45) is 0 Å².